The summed E-state index contributed by atoms with van der Waals surface area (Å²) < 4.78 is 0. The monoisotopic (exact) mass is 245 g/mol. The van der Waals surface area contributed by atoms with Crippen molar-refractivity contribution < 1.29 is 15.0 Å². The summed E-state index contributed by atoms with van der Waals surface area (Å²) in [7, 11) is 0. The number of nitrogens with one attached hydrogen (secondary N) is 1. The molecular weight excluding hydrogens is 230 g/mol. The van der Waals surface area contributed by atoms with Crippen LogP contribution in [0.5, 0.6) is 5.75 Å². The van der Waals surface area contributed by atoms with Crippen LogP contribution >= 0.6 is 0 Å². The number of aliphatic hydroxyl groups is 1. The van der Waals surface area contributed by atoms with Gasteiger partial charge in [-0.05, 0) is 18.6 Å². The Labute approximate surface area is 105 Å². The molecule has 18 heavy (non-hydrogen) atoms. The lowest BCUT2D eigenvalue weighted by Crippen LogP contribution is -2.11. The van der Waals surface area contributed by atoms with E-state index in [0.717, 1.165) is 5.39 Å². The second-order valence-electron chi connectivity index (χ2n) is 4.05. The highest BCUT2D eigenvalue weighted by Gasteiger charge is 2.07. The largest absolute Gasteiger partial charge is 0.507 e. The molecule has 0 aliphatic rings. The maximum atomic E-state index is 11.6. The molecule has 4 heteroatoms. The van der Waals surface area contributed by atoms with Crippen molar-refractivity contribution in [3.63, 3.8) is 0 Å². The predicted octanol–water partition coefficient (Wildman–Crippen LogP) is 2.26. The Bertz CT molecular complexity index is 566. The van der Waals surface area contributed by atoms with E-state index < -0.39 is 0 Å². The van der Waals surface area contributed by atoms with Crippen molar-refractivity contribution in [3.8, 4) is 5.75 Å². The van der Waals surface area contributed by atoms with Crippen LogP contribution < -0.4 is 5.32 Å². The van der Waals surface area contributed by atoms with Gasteiger partial charge in [-0.15, -0.1) is 0 Å². The summed E-state index contributed by atoms with van der Waals surface area (Å²) >= 11 is 0. The zero-order valence-corrected chi connectivity index (χ0v) is 9.89. The van der Waals surface area contributed by atoms with Crippen LogP contribution in [0.15, 0.2) is 36.4 Å². The minimum atomic E-state index is -0.139. The summed E-state index contributed by atoms with van der Waals surface area (Å²) in [6, 6.07) is 10.6. The molecule has 0 atom stereocenters. The Morgan fingerprint density at radius 1 is 1.11 bits per heavy atom. The third-order valence-corrected chi connectivity index (χ3v) is 2.74. The minimum absolute atomic E-state index is 0.00372. The summed E-state index contributed by atoms with van der Waals surface area (Å²) in [5.74, 6) is 0.0545. The topological polar surface area (TPSA) is 69.6 Å². The normalized spacial score (nSPS) is 10.5. The second kappa shape index (κ2) is 5.51. The zero-order chi connectivity index (χ0) is 13.0. The molecule has 0 radical (unpaired) electrons. The molecule has 0 fully saturated rings. The molecule has 2 rings (SSSR count). The van der Waals surface area contributed by atoms with Crippen molar-refractivity contribution in [2.45, 2.75) is 12.8 Å². The van der Waals surface area contributed by atoms with E-state index in [1.54, 1.807) is 30.3 Å². The molecule has 0 unspecified atom stereocenters. The standard InChI is InChI=1S/C14H15NO3/c16-9-3-8-14(18)15-12-6-1-5-11-10(12)4-2-7-13(11)17/h1-2,4-7,16-17H,3,8-9H2,(H,15,18). The first-order chi connectivity index (χ1) is 8.72. The number of anilines is 1. The summed E-state index contributed by atoms with van der Waals surface area (Å²) in [5, 5.41) is 22.7. The highest BCUT2D eigenvalue weighted by Crippen LogP contribution is 2.29. The Hall–Kier alpha value is -2.07. The lowest BCUT2D eigenvalue weighted by atomic mass is 10.1. The van der Waals surface area contributed by atoms with Gasteiger partial charge in [0.1, 0.15) is 5.75 Å². The van der Waals surface area contributed by atoms with Crippen LogP contribution in [0, 0.1) is 0 Å². The highest BCUT2D eigenvalue weighted by atomic mass is 16.3. The third kappa shape index (κ3) is 2.60. The van der Waals surface area contributed by atoms with Gasteiger partial charge in [0.05, 0.1) is 0 Å². The lowest BCUT2D eigenvalue weighted by Gasteiger charge is -2.09. The smallest absolute Gasteiger partial charge is 0.224 e. The molecule has 0 aliphatic carbocycles. The summed E-state index contributed by atoms with van der Waals surface area (Å²) in [5.41, 5.74) is 0.673. The first kappa shape index (κ1) is 12.4. The van der Waals surface area contributed by atoms with Crippen LogP contribution in [0.4, 0.5) is 5.69 Å². The first-order valence-electron chi connectivity index (χ1n) is 5.84. The van der Waals surface area contributed by atoms with Gasteiger partial charge in [-0.25, -0.2) is 0 Å². The summed E-state index contributed by atoms with van der Waals surface area (Å²) in [6.07, 6.45) is 0.730. The minimum Gasteiger partial charge on any atom is -0.507 e. The molecule has 0 saturated heterocycles. The fourth-order valence-electron chi connectivity index (χ4n) is 1.85. The fourth-order valence-corrected chi connectivity index (χ4v) is 1.85. The molecule has 0 heterocycles. The van der Waals surface area contributed by atoms with Gasteiger partial charge in [0.2, 0.25) is 5.91 Å². The molecular formula is C14H15NO3. The molecule has 3 N–H and O–H groups in total. The van der Waals surface area contributed by atoms with Gasteiger partial charge < -0.3 is 15.5 Å². The summed E-state index contributed by atoms with van der Waals surface area (Å²) in [4.78, 5) is 11.6. The van der Waals surface area contributed by atoms with Crippen LogP contribution in [0.1, 0.15) is 12.8 Å². The zero-order valence-electron chi connectivity index (χ0n) is 9.89. The van der Waals surface area contributed by atoms with Crippen LogP contribution in [0.2, 0.25) is 0 Å². The van der Waals surface area contributed by atoms with E-state index in [1.165, 1.54) is 0 Å². The Kier molecular flexibility index (Phi) is 3.79. The molecule has 0 bridgehead atoms. The maximum absolute atomic E-state index is 11.6. The predicted molar refractivity (Wildman–Crippen MR) is 70.6 cm³/mol. The molecule has 0 aromatic heterocycles. The Morgan fingerprint density at radius 3 is 2.61 bits per heavy atom. The lowest BCUT2D eigenvalue weighted by molar-refractivity contribution is -0.116. The van der Waals surface area contributed by atoms with Crippen molar-refractivity contribution in [1.82, 2.24) is 0 Å². The Morgan fingerprint density at radius 2 is 1.83 bits per heavy atom. The van der Waals surface area contributed by atoms with Gasteiger partial charge in [0.15, 0.2) is 0 Å². The average Bonchev–Trinajstić information content (AvgIpc) is 2.38. The van der Waals surface area contributed by atoms with E-state index in [2.05, 4.69) is 5.32 Å². The third-order valence-electron chi connectivity index (χ3n) is 2.74. The number of phenols is 1. The molecule has 94 valence electrons. The van der Waals surface area contributed by atoms with Gasteiger partial charge in [0, 0.05) is 29.5 Å². The molecule has 0 spiro atoms. The Balaban J connectivity index is 2.28. The number of amides is 1. The van der Waals surface area contributed by atoms with Crippen molar-refractivity contribution in [3.05, 3.63) is 36.4 Å². The van der Waals surface area contributed by atoms with Gasteiger partial charge in [0.25, 0.3) is 0 Å². The maximum Gasteiger partial charge on any atom is 0.224 e. The van der Waals surface area contributed by atoms with Crippen molar-refractivity contribution in [2.24, 2.45) is 0 Å². The van der Waals surface area contributed by atoms with E-state index in [1.807, 2.05) is 6.07 Å². The molecule has 2 aromatic rings. The van der Waals surface area contributed by atoms with Crippen LogP contribution in [0.25, 0.3) is 10.8 Å². The van der Waals surface area contributed by atoms with Crippen molar-refractivity contribution >= 4 is 22.4 Å². The van der Waals surface area contributed by atoms with Gasteiger partial charge in [-0.1, -0.05) is 24.3 Å². The van der Waals surface area contributed by atoms with E-state index in [-0.39, 0.29) is 24.7 Å². The number of hydrogen-bond donors (Lipinski definition) is 3. The molecule has 0 saturated carbocycles. The average molecular weight is 245 g/mol. The number of benzene rings is 2. The van der Waals surface area contributed by atoms with Gasteiger partial charge >= 0.3 is 0 Å². The second-order valence-corrected chi connectivity index (χ2v) is 4.05. The number of carbonyl (C=O) groups excluding carboxylic acids is 1. The molecule has 4 nitrogen and oxygen atoms in total. The van der Waals surface area contributed by atoms with Gasteiger partial charge in [-0.2, -0.15) is 0 Å². The van der Waals surface area contributed by atoms with E-state index in [0.29, 0.717) is 17.5 Å². The van der Waals surface area contributed by atoms with E-state index in [9.17, 15) is 9.90 Å². The molecule has 1 amide bonds. The number of rotatable bonds is 4. The fraction of sp³-hybridized carbons (Fsp3) is 0.214. The number of aliphatic hydroxyl groups excluding tert-OH is 1. The number of aromatic hydroxyl groups is 1. The number of phenolic OH excluding ortho intramolecular Hbond substituents is 1. The SMILES string of the molecule is O=C(CCCO)Nc1cccc2c(O)cccc12. The highest BCUT2D eigenvalue weighted by molar-refractivity contribution is 6.03. The quantitative estimate of drug-likeness (QED) is 0.773. The first-order valence-corrected chi connectivity index (χ1v) is 5.84. The van der Waals surface area contributed by atoms with Gasteiger partial charge in [-0.3, -0.25) is 4.79 Å². The van der Waals surface area contributed by atoms with Crippen LogP contribution in [-0.4, -0.2) is 22.7 Å². The molecule has 0 aliphatic heterocycles. The number of fused-ring (bicyclic) bond motifs is 1. The number of carbonyl (C=O) groups is 1. The van der Waals surface area contributed by atoms with Crippen molar-refractivity contribution in [1.29, 1.82) is 0 Å². The van der Waals surface area contributed by atoms with E-state index in [4.69, 9.17) is 5.11 Å². The number of hydrogen-bond acceptors (Lipinski definition) is 3. The molecule has 2 aromatic carbocycles. The van der Waals surface area contributed by atoms with E-state index >= 15 is 0 Å². The van der Waals surface area contributed by atoms with Crippen molar-refractivity contribution in [2.75, 3.05) is 11.9 Å². The van der Waals surface area contributed by atoms with Crippen LogP contribution in [-0.2, 0) is 4.79 Å². The summed E-state index contributed by atoms with van der Waals surface area (Å²) in [6.45, 7) is 0.00372. The van der Waals surface area contributed by atoms with Crippen LogP contribution in [0.3, 0.4) is 0 Å².